The quantitative estimate of drug-likeness (QED) is 0.249. The monoisotopic (exact) mass is 566 g/mol. The molecular weight excluding hydrogens is 528 g/mol. The molecule has 0 spiro atoms. The number of hydrogen-bond acceptors (Lipinski definition) is 4. The standard InChI is InChI=1S/C35H38N2O3S/c38-35(36-34-18-15-30-21-26(13-17-33(30)34)24-37-19-7-2-8-20-37)23-31(27-9-3-1-4-10-27)25-41(39,40)32-16-14-28-11-5-6-12-29(28)22-32/h1,3-6,9-14,16-17,21-22,31,34H,2,7-8,15,18-20,23-25H2,(H,36,38)/t31-,34+/m0/s1. The summed E-state index contributed by atoms with van der Waals surface area (Å²) in [4.78, 5) is 16.2. The second kappa shape index (κ2) is 12.2. The van der Waals surface area contributed by atoms with E-state index < -0.39 is 15.8 Å². The van der Waals surface area contributed by atoms with Gasteiger partial charge in [0.25, 0.3) is 0 Å². The van der Waals surface area contributed by atoms with E-state index >= 15 is 0 Å². The number of carbonyl (C=O) groups excluding carboxylic acids is 1. The number of rotatable bonds is 9. The first-order valence-corrected chi connectivity index (χ1v) is 16.5. The molecule has 5 nitrogen and oxygen atoms in total. The van der Waals surface area contributed by atoms with Crippen molar-refractivity contribution in [2.24, 2.45) is 0 Å². The number of sulfone groups is 1. The molecule has 6 rings (SSSR count). The molecule has 4 aromatic carbocycles. The first-order valence-electron chi connectivity index (χ1n) is 14.8. The van der Waals surface area contributed by atoms with Gasteiger partial charge in [0.1, 0.15) is 0 Å². The molecule has 1 N–H and O–H groups in total. The average Bonchev–Trinajstić information content (AvgIpc) is 3.39. The fourth-order valence-electron chi connectivity index (χ4n) is 6.49. The number of nitrogens with one attached hydrogen (secondary N) is 1. The van der Waals surface area contributed by atoms with Crippen molar-refractivity contribution in [2.75, 3.05) is 18.8 Å². The summed E-state index contributed by atoms with van der Waals surface area (Å²) in [5.41, 5.74) is 4.73. The van der Waals surface area contributed by atoms with E-state index in [0.717, 1.165) is 35.7 Å². The van der Waals surface area contributed by atoms with E-state index in [1.807, 2.05) is 60.7 Å². The van der Waals surface area contributed by atoms with Crippen LogP contribution in [0.25, 0.3) is 10.8 Å². The minimum atomic E-state index is -3.62. The van der Waals surface area contributed by atoms with Crippen LogP contribution in [0.2, 0.25) is 0 Å². The van der Waals surface area contributed by atoms with Gasteiger partial charge in [-0.15, -0.1) is 0 Å². The first-order chi connectivity index (χ1) is 19.9. The molecule has 41 heavy (non-hydrogen) atoms. The first kappa shape index (κ1) is 27.7. The van der Waals surface area contributed by atoms with Crippen LogP contribution in [0.5, 0.6) is 0 Å². The minimum absolute atomic E-state index is 0.0324. The number of carbonyl (C=O) groups is 1. The zero-order valence-electron chi connectivity index (χ0n) is 23.5. The zero-order valence-corrected chi connectivity index (χ0v) is 24.3. The van der Waals surface area contributed by atoms with Gasteiger partial charge >= 0.3 is 0 Å². The predicted octanol–water partition coefficient (Wildman–Crippen LogP) is 6.58. The maximum absolute atomic E-state index is 13.6. The Morgan fingerprint density at radius 1 is 0.854 bits per heavy atom. The van der Waals surface area contributed by atoms with Crippen molar-refractivity contribution in [3.05, 3.63) is 113 Å². The second-order valence-corrected chi connectivity index (χ2v) is 13.7. The van der Waals surface area contributed by atoms with E-state index in [0.29, 0.717) is 4.90 Å². The molecule has 1 fully saturated rings. The Labute approximate surface area is 243 Å². The van der Waals surface area contributed by atoms with E-state index in [1.165, 1.54) is 49.0 Å². The molecule has 0 aromatic heterocycles. The normalized spacial score (nSPS) is 18.2. The van der Waals surface area contributed by atoms with Crippen molar-refractivity contribution in [3.8, 4) is 0 Å². The number of benzene rings is 4. The molecule has 0 radical (unpaired) electrons. The Morgan fingerprint density at radius 2 is 1.61 bits per heavy atom. The zero-order chi connectivity index (χ0) is 28.2. The summed E-state index contributed by atoms with van der Waals surface area (Å²) in [5.74, 6) is -0.674. The van der Waals surface area contributed by atoms with Gasteiger partial charge in [-0.1, -0.05) is 85.3 Å². The summed E-state index contributed by atoms with van der Waals surface area (Å²) in [7, 11) is -3.62. The lowest BCUT2D eigenvalue weighted by atomic mass is 9.97. The molecule has 0 bridgehead atoms. The van der Waals surface area contributed by atoms with Crippen LogP contribution >= 0.6 is 0 Å². The highest BCUT2D eigenvalue weighted by molar-refractivity contribution is 7.91. The number of amides is 1. The van der Waals surface area contributed by atoms with Gasteiger partial charge in [0.15, 0.2) is 9.84 Å². The summed E-state index contributed by atoms with van der Waals surface area (Å²) in [5, 5.41) is 5.13. The van der Waals surface area contributed by atoms with Gasteiger partial charge in [-0.05, 0) is 83.9 Å². The van der Waals surface area contributed by atoms with Crippen LogP contribution < -0.4 is 5.32 Å². The van der Waals surface area contributed by atoms with Crippen LogP contribution in [0.1, 0.15) is 66.3 Å². The lowest BCUT2D eigenvalue weighted by molar-refractivity contribution is -0.122. The highest BCUT2D eigenvalue weighted by Crippen LogP contribution is 2.33. The Morgan fingerprint density at radius 3 is 2.41 bits per heavy atom. The van der Waals surface area contributed by atoms with E-state index in [9.17, 15) is 13.2 Å². The molecule has 1 aliphatic heterocycles. The average molecular weight is 567 g/mol. The predicted molar refractivity (Wildman–Crippen MR) is 165 cm³/mol. The largest absolute Gasteiger partial charge is 0.349 e. The van der Waals surface area contributed by atoms with Gasteiger partial charge in [0, 0.05) is 18.9 Å². The smallest absolute Gasteiger partial charge is 0.221 e. The molecule has 0 unspecified atom stereocenters. The van der Waals surface area contributed by atoms with Crippen molar-refractivity contribution in [2.45, 2.75) is 61.9 Å². The van der Waals surface area contributed by atoms with Crippen LogP contribution in [-0.4, -0.2) is 38.1 Å². The van der Waals surface area contributed by atoms with Crippen molar-refractivity contribution in [3.63, 3.8) is 0 Å². The molecular formula is C35H38N2O3S. The Balaban J connectivity index is 1.15. The van der Waals surface area contributed by atoms with Gasteiger partial charge in [-0.25, -0.2) is 8.42 Å². The van der Waals surface area contributed by atoms with Crippen LogP contribution in [-0.2, 0) is 27.6 Å². The van der Waals surface area contributed by atoms with Gasteiger partial charge in [-0.3, -0.25) is 9.69 Å². The Hall–Kier alpha value is -3.48. The fraction of sp³-hybridized carbons (Fsp3) is 0.343. The van der Waals surface area contributed by atoms with Gasteiger partial charge in [0.2, 0.25) is 5.91 Å². The van der Waals surface area contributed by atoms with Crippen LogP contribution in [0.15, 0.2) is 95.9 Å². The summed E-state index contributed by atoms with van der Waals surface area (Å²) in [6.45, 7) is 3.35. The highest BCUT2D eigenvalue weighted by Gasteiger charge is 2.28. The molecule has 1 amide bonds. The third kappa shape index (κ3) is 6.55. The minimum Gasteiger partial charge on any atom is -0.349 e. The SMILES string of the molecule is O=C(C[C@@H](CS(=O)(=O)c1ccc2ccccc2c1)c1ccccc1)N[C@@H]1CCc2cc(CN3CCCCC3)ccc21. The molecule has 6 heteroatoms. The number of fused-ring (bicyclic) bond motifs is 2. The van der Waals surface area contributed by atoms with Gasteiger partial charge in [-0.2, -0.15) is 0 Å². The van der Waals surface area contributed by atoms with E-state index in [-0.39, 0.29) is 24.1 Å². The topological polar surface area (TPSA) is 66.5 Å². The maximum Gasteiger partial charge on any atom is 0.221 e. The summed E-state index contributed by atoms with van der Waals surface area (Å²) in [6.07, 6.45) is 5.85. The number of piperidine rings is 1. The third-order valence-corrected chi connectivity index (χ3v) is 10.5. The van der Waals surface area contributed by atoms with Gasteiger partial charge in [0.05, 0.1) is 16.7 Å². The summed E-state index contributed by atoms with van der Waals surface area (Å²) < 4.78 is 27.2. The summed E-state index contributed by atoms with van der Waals surface area (Å²) >= 11 is 0. The van der Waals surface area contributed by atoms with E-state index in [4.69, 9.17) is 0 Å². The molecule has 1 heterocycles. The van der Waals surface area contributed by atoms with E-state index in [2.05, 4.69) is 28.4 Å². The maximum atomic E-state index is 13.6. The van der Waals surface area contributed by atoms with Crippen molar-refractivity contribution >= 4 is 26.5 Å². The molecule has 2 atom stereocenters. The van der Waals surface area contributed by atoms with Crippen molar-refractivity contribution < 1.29 is 13.2 Å². The molecule has 4 aromatic rings. The second-order valence-electron chi connectivity index (χ2n) is 11.6. The number of hydrogen-bond donors (Lipinski definition) is 1. The highest BCUT2D eigenvalue weighted by atomic mass is 32.2. The molecule has 1 saturated heterocycles. The lowest BCUT2D eigenvalue weighted by Gasteiger charge is -2.26. The number of likely N-dealkylation sites (tertiary alicyclic amines) is 1. The molecule has 2 aliphatic rings. The van der Waals surface area contributed by atoms with Gasteiger partial charge < -0.3 is 5.32 Å². The van der Waals surface area contributed by atoms with Crippen molar-refractivity contribution in [1.29, 1.82) is 0 Å². The molecule has 1 aliphatic carbocycles. The third-order valence-electron chi connectivity index (χ3n) is 8.68. The van der Waals surface area contributed by atoms with Crippen LogP contribution in [0.4, 0.5) is 0 Å². The fourth-order valence-corrected chi connectivity index (χ4v) is 8.11. The number of aryl methyl sites for hydroxylation is 1. The van der Waals surface area contributed by atoms with Crippen LogP contribution in [0, 0.1) is 0 Å². The lowest BCUT2D eigenvalue weighted by Crippen LogP contribution is -2.30. The Kier molecular flexibility index (Phi) is 8.22. The van der Waals surface area contributed by atoms with Crippen LogP contribution in [0.3, 0.4) is 0 Å². The summed E-state index contributed by atoms with van der Waals surface area (Å²) in [6, 6.07) is 29.2. The molecule has 0 saturated carbocycles. The molecule has 212 valence electrons. The van der Waals surface area contributed by atoms with E-state index in [1.54, 1.807) is 12.1 Å². The van der Waals surface area contributed by atoms with Crippen molar-refractivity contribution in [1.82, 2.24) is 10.2 Å². The Bertz CT molecular complexity index is 1630. The number of nitrogens with zero attached hydrogens (tertiary/aromatic N) is 1.